The van der Waals surface area contributed by atoms with Gasteiger partial charge in [0.2, 0.25) is 0 Å². The number of amides is 2. The Balaban J connectivity index is 0.000000199. The number of aryl methyl sites for hydroxylation is 8. The molecule has 2 aliphatic rings. The zero-order valence-electron chi connectivity index (χ0n) is 38.4. The molecule has 2 saturated heterocycles. The smallest absolute Gasteiger partial charge is 0.303 e. The van der Waals surface area contributed by atoms with Crippen molar-refractivity contribution in [2.45, 2.75) is 101 Å². The number of rotatable bonds is 10. The Kier molecular flexibility index (Phi) is 14.1. The van der Waals surface area contributed by atoms with E-state index in [4.69, 9.17) is 19.4 Å². The molecule has 0 bridgehead atoms. The highest BCUT2D eigenvalue weighted by Crippen LogP contribution is 2.28. The third kappa shape index (κ3) is 9.47. The number of carbonyl (C=O) groups is 3. The third-order valence-electron chi connectivity index (χ3n) is 12.0. The highest BCUT2D eigenvalue weighted by Gasteiger charge is 2.34. The molecule has 0 radical (unpaired) electrons. The molecule has 2 fully saturated rings. The fourth-order valence-corrected chi connectivity index (χ4v) is 7.89. The number of ether oxygens (including phenoxy) is 2. The molecule has 328 valence electrons. The van der Waals surface area contributed by atoms with Crippen LogP contribution in [0.3, 0.4) is 0 Å². The van der Waals surface area contributed by atoms with Crippen LogP contribution in [-0.2, 0) is 27.4 Å². The second-order valence-electron chi connectivity index (χ2n) is 16.2. The Labute approximate surface area is 365 Å². The topological polar surface area (TPSA) is 135 Å². The molecule has 0 spiro atoms. The number of carbonyl (C=O) groups excluding carboxylic acids is 3. The molecule has 6 heterocycles. The van der Waals surface area contributed by atoms with Crippen molar-refractivity contribution in [1.82, 2.24) is 28.6 Å². The molecule has 2 aliphatic heterocycles. The van der Waals surface area contributed by atoms with Crippen LogP contribution in [0.15, 0.2) is 60.9 Å². The third-order valence-corrected chi connectivity index (χ3v) is 12.0. The van der Waals surface area contributed by atoms with Gasteiger partial charge in [0.25, 0.3) is 11.8 Å². The second-order valence-corrected chi connectivity index (χ2v) is 16.2. The van der Waals surface area contributed by atoms with E-state index in [1.165, 1.54) is 40.3 Å². The summed E-state index contributed by atoms with van der Waals surface area (Å²) in [5.74, 6) is -0.367. The van der Waals surface area contributed by atoms with Gasteiger partial charge in [0.05, 0.1) is 53.1 Å². The molecule has 13 nitrogen and oxygen atoms in total. The Hall–Kier alpha value is -6.21. The monoisotopic (exact) mass is 842 g/mol. The summed E-state index contributed by atoms with van der Waals surface area (Å²) in [4.78, 5) is 50.2. The number of nitrogens with one attached hydrogen (secondary N) is 2. The van der Waals surface area contributed by atoms with E-state index < -0.39 is 0 Å². The molecule has 2 aromatic carbocycles. The molecule has 62 heavy (non-hydrogen) atoms. The van der Waals surface area contributed by atoms with Gasteiger partial charge in [-0.05, 0) is 101 Å². The first-order chi connectivity index (χ1) is 29.6. The van der Waals surface area contributed by atoms with E-state index >= 15 is 0 Å². The average Bonchev–Trinajstić information content (AvgIpc) is 3.67. The summed E-state index contributed by atoms with van der Waals surface area (Å²) in [7, 11) is 1.69. The highest BCUT2D eigenvalue weighted by atomic mass is 16.5. The molecular formula is C49H62N8O5. The van der Waals surface area contributed by atoms with Crippen molar-refractivity contribution in [2.24, 2.45) is 0 Å². The lowest BCUT2D eigenvalue weighted by molar-refractivity contribution is -0.152. The standard InChI is InChI=1S/C24H28N4O3.C23H28N4O2.C2H6/c1-14-7-6-8-15(2)21(14)10-25-22-9-19(11-28-17(4)16(3)26-23(22)28)24(30)27-12-20(13-27)31-18(5)29;1-14-7-6-8-15(2)20(14)10-24-21-9-18(23(28)26-12-19(13-26)29-5)11-27-17(4)16(3)25-22(21)27;1-2/h6-9,11,20,25H,10,12-13H2,1-5H3;6-9,11,19,24H,10,12-13H2,1-5H3;1-2H3. The minimum absolute atomic E-state index is 0.0288. The van der Waals surface area contributed by atoms with Crippen LogP contribution in [0.2, 0.25) is 0 Å². The van der Waals surface area contributed by atoms with Crippen LogP contribution in [0, 0.1) is 55.4 Å². The van der Waals surface area contributed by atoms with E-state index in [1.54, 1.807) is 12.0 Å². The predicted molar refractivity (Wildman–Crippen MR) is 245 cm³/mol. The minimum atomic E-state index is -0.319. The van der Waals surface area contributed by atoms with Crippen LogP contribution < -0.4 is 10.6 Å². The van der Waals surface area contributed by atoms with Gasteiger partial charge in [0, 0.05) is 64.0 Å². The van der Waals surface area contributed by atoms with Crippen molar-refractivity contribution in [2.75, 3.05) is 43.9 Å². The van der Waals surface area contributed by atoms with Crippen LogP contribution >= 0.6 is 0 Å². The zero-order chi connectivity index (χ0) is 45.0. The predicted octanol–water partition coefficient (Wildman–Crippen LogP) is 8.24. The van der Waals surface area contributed by atoms with Gasteiger partial charge in [-0.15, -0.1) is 0 Å². The molecule has 0 atom stereocenters. The van der Waals surface area contributed by atoms with E-state index in [-0.39, 0.29) is 30.0 Å². The van der Waals surface area contributed by atoms with Gasteiger partial charge in [-0.1, -0.05) is 50.2 Å². The van der Waals surface area contributed by atoms with Crippen molar-refractivity contribution in [3.05, 3.63) is 128 Å². The van der Waals surface area contributed by atoms with Gasteiger partial charge in [0.1, 0.15) is 6.10 Å². The van der Waals surface area contributed by atoms with Crippen molar-refractivity contribution < 1.29 is 23.9 Å². The van der Waals surface area contributed by atoms with E-state index in [0.717, 1.165) is 45.4 Å². The lowest BCUT2D eigenvalue weighted by Gasteiger charge is -2.38. The van der Waals surface area contributed by atoms with Gasteiger partial charge in [-0.25, -0.2) is 9.97 Å². The first kappa shape index (κ1) is 45.3. The molecule has 2 N–H and O–H groups in total. The normalized spacial score (nSPS) is 13.7. The number of aromatic nitrogens is 4. The summed E-state index contributed by atoms with van der Waals surface area (Å²) >= 11 is 0. The first-order valence-corrected chi connectivity index (χ1v) is 21.5. The van der Waals surface area contributed by atoms with Gasteiger partial charge in [-0.3, -0.25) is 14.4 Å². The quantitative estimate of drug-likeness (QED) is 0.131. The summed E-state index contributed by atoms with van der Waals surface area (Å²) in [6.45, 7) is 25.3. The van der Waals surface area contributed by atoms with Gasteiger partial charge >= 0.3 is 5.97 Å². The van der Waals surface area contributed by atoms with E-state index in [1.807, 2.05) is 79.8 Å². The largest absolute Gasteiger partial charge is 0.459 e. The lowest BCUT2D eigenvalue weighted by Crippen LogP contribution is -2.55. The second kappa shape index (κ2) is 19.2. The average molecular weight is 843 g/mol. The van der Waals surface area contributed by atoms with Crippen molar-refractivity contribution in [3.8, 4) is 0 Å². The number of methoxy groups -OCH3 is 1. The fourth-order valence-electron chi connectivity index (χ4n) is 7.89. The van der Waals surface area contributed by atoms with Crippen LogP contribution in [0.5, 0.6) is 0 Å². The lowest BCUT2D eigenvalue weighted by atomic mass is 10.0. The molecule has 0 saturated carbocycles. The zero-order valence-corrected chi connectivity index (χ0v) is 38.4. The van der Waals surface area contributed by atoms with Gasteiger partial charge in [0.15, 0.2) is 11.3 Å². The molecule has 4 aromatic heterocycles. The summed E-state index contributed by atoms with van der Waals surface area (Å²) in [5.41, 5.74) is 16.0. The molecule has 0 unspecified atom stereocenters. The van der Waals surface area contributed by atoms with Crippen molar-refractivity contribution >= 4 is 40.5 Å². The van der Waals surface area contributed by atoms with E-state index in [9.17, 15) is 14.4 Å². The maximum atomic E-state index is 13.1. The van der Waals surface area contributed by atoms with Crippen molar-refractivity contribution in [3.63, 3.8) is 0 Å². The molecule has 8 rings (SSSR count). The fraction of sp³-hybridized carbons (Fsp3) is 0.408. The summed E-state index contributed by atoms with van der Waals surface area (Å²) < 4.78 is 14.5. The Morgan fingerprint density at radius 2 is 1.00 bits per heavy atom. The SMILES string of the molecule is CC.CC(=O)OC1CN(C(=O)c2cc(NCc3c(C)cccc3C)c3nc(C)c(C)n3c2)C1.COC1CN(C(=O)c2cc(NCc3c(C)cccc3C)c3nc(C)c(C)n3c2)C1. The van der Waals surface area contributed by atoms with E-state index in [0.29, 0.717) is 50.4 Å². The number of benzene rings is 2. The summed E-state index contributed by atoms with van der Waals surface area (Å²) in [5, 5.41) is 7.05. The number of esters is 1. The van der Waals surface area contributed by atoms with Gasteiger partial charge in [-0.2, -0.15) is 0 Å². The Bertz CT molecular complexity index is 2570. The summed E-state index contributed by atoms with van der Waals surface area (Å²) in [6, 6.07) is 16.4. The molecule has 13 heteroatoms. The first-order valence-electron chi connectivity index (χ1n) is 21.5. The molecule has 2 amide bonds. The maximum Gasteiger partial charge on any atom is 0.303 e. The highest BCUT2D eigenvalue weighted by molar-refractivity contribution is 5.97. The number of pyridine rings is 2. The number of fused-ring (bicyclic) bond motifs is 2. The molecule has 6 aromatic rings. The summed E-state index contributed by atoms with van der Waals surface area (Å²) in [6.07, 6.45) is 3.67. The Morgan fingerprint density at radius 3 is 1.35 bits per heavy atom. The number of hydrogen-bond donors (Lipinski definition) is 2. The van der Waals surface area contributed by atoms with Crippen LogP contribution in [-0.4, -0.2) is 91.8 Å². The van der Waals surface area contributed by atoms with Crippen LogP contribution in [0.25, 0.3) is 11.3 Å². The number of likely N-dealkylation sites (tertiary alicyclic amines) is 2. The van der Waals surface area contributed by atoms with Gasteiger partial charge < -0.3 is 38.7 Å². The van der Waals surface area contributed by atoms with Crippen LogP contribution in [0.4, 0.5) is 11.4 Å². The van der Waals surface area contributed by atoms with Crippen LogP contribution in [0.1, 0.15) is 97.6 Å². The number of anilines is 2. The number of hydrogen-bond acceptors (Lipinski definition) is 9. The Morgan fingerprint density at radius 1 is 0.629 bits per heavy atom. The number of nitrogens with zero attached hydrogens (tertiary/aromatic N) is 6. The van der Waals surface area contributed by atoms with E-state index in [2.05, 4.69) is 74.7 Å². The number of imidazole rings is 2. The maximum absolute atomic E-state index is 13.1. The van der Waals surface area contributed by atoms with Crippen molar-refractivity contribution in [1.29, 1.82) is 0 Å². The molecule has 0 aliphatic carbocycles. The minimum Gasteiger partial charge on any atom is -0.459 e. The molecular weight excluding hydrogens is 781 g/mol.